The van der Waals surface area contributed by atoms with Gasteiger partial charge in [-0.1, -0.05) is 72.3 Å². The van der Waals surface area contributed by atoms with Crippen LogP contribution in [0.2, 0.25) is 0 Å². The molecule has 2 aromatic carbocycles. The second kappa shape index (κ2) is 9.28. The second-order valence-electron chi connectivity index (χ2n) is 7.40. The van der Waals surface area contributed by atoms with Crippen LogP contribution in [0, 0.1) is 6.92 Å². The van der Waals surface area contributed by atoms with E-state index in [2.05, 4.69) is 88.9 Å². The Labute approximate surface area is 172 Å². The molecule has 0 spiro atoms. The molecular formula is C24H27N3S. The monoisotopic (exact) mass is 389 g/mol. The molecule has 3 nitrogen and oxygen atoms in total. The molecule has 1 saturated heterocycles. The molecule has 0 unspecified atom stereocenters. The Morgan fingerprint density at radius 1 is 0.929 bits per heavy atom. The van der Waals surface area contributed by atoms with Gasteiger partial charge in [0.15, 0.2) is 0 Å². The van der Waals surface area contributed by atoms with Gasteiger partial charge in [0.05, 0.1) is 5.69 Å². The van der Waals surface area contributed by atoms with Crippen molar-refractivity contribution in [3.63, 3.8) is 0 Å². The lowest BCUT2D eigenvalue weighted by Crippen LogP contribution is -2.45. The van der Waals surface area contributed by atoms with Crippen LogP contribution >= 0.6 is 11.3 Å². The summed E-state index contributed by atoms with van der Waals surface area (Å²) < 4.78 is 0. The number of thiazole rings is 1. The van der Waals surface area contributed by atoms with Crippen LogP contribution in [-0.2, 0) is 6.54 Å². The van der Waals surface area contributed by atoms with Crippen molar-refractivity contribution in [2.45, 2.75) is 13.5 Å². The minimum absolute atomic E-state index is 0.954. The normalized spacial score (nSPS) is 16.0. The van der Waals surface area contributed by atoms with Gasteiger partial charge in [0.1, 0.15) is 5.01 Å². The van der Waals surface area contributed by atoms with Gasteiger partial charge in [0, 0.05) is 50.2 Å². The molecule has 1 fully saturated rings. The largest absolute Gasteiger partial charge is 0.297 e. The van der Waals surface area contributed by atoms with Crippen LogP contribution in [-0.4, -0.2) is 47.5 Å². The van der Waals surface area contributed by atoms with Crippen LogP contribution in [0.15, 0.2) is 66.1 Å². The van der Waals surface area contributed by atoms with Gasteiger partial charge in [0.25, 0.3) is 0 Å². The average molecular weight is 390 g/mol. The number of hydrogen-bond donors (Lipinski definition) is 0. The summed E-state index contributed by atoms with van der Waals surface area (Å²) in [4.78, 5) is 9.90. The van der Waals surface area contributed by atoms with E-state index >= 15 is 0 Å². The van der Waals surface area contributed by atoms with Crippen LogP contribution in [0.4, 0.5) is 0 Å². The Balaban J connectivity index is 1.24. The molecule has 0 radical (unpaired) electrons. The fourth-order valence-corrected chi connectivity index (χ4v) is 4.29. The van der Waals surface area contributed by atoms with Crippen LogP contribution in [0.3, 0.4) is 0 Å². The van der Waals surface area contributed by atoms with E-state index in [-0.39, 0.29) is 0 Å². The predicted octanol–water partition coefficient (Wildman–Crippen LogP) is 4.95. The molecule has 0 bridgehead atoms. The third-order valence-electron chi connectivity index (χ3n) is 5.17. The first kappa shape index (κ1) is 19.1. The summed E-state index contributed by atoms with van der Waals surface area (Å²) in [5.74, 6) is 0. The molecule has 3 aromatic rings. The van der Waals surface area contributed by atoms with Gasteiger partial charge in [0.2, 0.25) is 0 Å². The van der Waals surface area contributed by atoms with E-state index < -0.39 is 0 Å². The van der Waals surface area contributed by atoms with Crippen LogP contribution < -0.4 is 0 Å². The van der Waals surface area contributed by atoms with Gasteiger partial charge in [-0.25, -0.2) is 4.98 Å². The third-order valence-corrected chi connectivity index (χ3v) is 6.11. The average Bonchev–Trinajstić information content (AvgIpc) is 3.19. The molecule has 4 heteroatoms. The standard InChI is InChI=1S/C24H27N3S/c1-20-9-11-22(12-10-20)24-25-23(19-28-24)18-27-16-14-26(15-17-27)13-5-8-21-6-3-2-4-7-21/h2-12,19H,13-18H2,1H3/b8-5+. The molecule has 2 heterocycles. The maximum atomic E-state index is 4.86. The quantitative estimate of drug-likeness (QED) is 0.595. The summed E-state index contributed by atoms with van der Waals surface area (Å²) in [5, 5.41) is 3.34. The molecule has 4 rings (SSSR count). The Bertz CT molecular complexity index is 891. The van der Waals surface area contributed by atoms with Gasteiger partial charge in [-0.3, -0.25) is 9.80 Å². The summed E-state index contributed by atoms with van der Waals surface area (Å²) in [6.07, 6.45) is 4.49. The lowest BCUT2D eigenvalue weighted by molar-refractivity contribution is 0.136. The zero-order valence-corrected chi connectivity index (χ0v) is 17.2. The van der Waals surface area contributed by atoms with Crippen molar-refractivity contribution < 1.29 is 0 Å². The summed E-state index contributed by atoms with van der Waals surface area (Å²) in [6.45, 7) is 8.55. The first-order valence-electron chi connectivity index (χ1n) is 9.94. The SMILES string of the molecule is Cc1ccc(-c2nc(CN3CCN(C/C=C/c4ccccc4)CC3)cs2)cc1. The number of hydrogen-bond acceptors (Lipinski definition) is 4. The molecule has 1 aliphatic heterocycles. The fourth-order valence-electron chi connectivity index (χ4n) is 3.47. The Morgan fingerprint density at radius 2 is 1.64 bits per heavy atom. The highest BCUT2D eigenvalue weighted by atomic mass is 32.1. The number of nitrogens with zero attached hydrogens (tertiary/aromatic N) is 3. The molecule has 28 heavy (non-hydrogen) atoms. The van der Waals surface area contributed by atoms with Crippen molar-refractivity contribution in [2.75, 3.05) is 32.7 Å². The highest BCUT2D eigenvalue weighted by Gasteiger charge is 2.17. The van der Waals surface area contributed by atoms with Crippen molar-refractivity contribution in [2.24, 2.45) is 0 Å². The van der Waals surface area contributed by atoms with Crippen LogP contribution in [0.25, 0.3) is 16.6 Å². The number of aromatic nitrogens is 1. The summed E-state index contributed by atoms with van der Waals surface area (Å²) in [7, 11) is 0. The van der Waals surface area contributed by atoms with Crippen molar-refractivity contribution in [1.29, 1.82) is 0 Å². The second-order valence-corrected chi connectivity index (χ2v) is 8.26. The summed E-state index contributed by atoms with van der Waals surface area (Å²) >= 11 is 1.75. The van der Waals surface area contributed by atoms with Crippen molar-refractivity contribution >= 4 is 17.4 Å². The van der Waals surface area contributed by atoms with E-state index in [0.717, 1.165) is 44.3 Å². The highest BCUT2D eigenvalue weighted by molar-refractivity contribution is 7.13. The van der Waals surface area contributed by atoms with E-state index in [1.54, 1.807) is 11.3 Å². The highest BCUT2D eigenvalue weighted by Crippen LogP contribution is 2.24. The minimum Gasteiger partial charge on any atom is -0.297 e. The summed E-state index contributed by atoms with van der Waals surface area (Å²) in [6, 6.07) is 19.2. The molecule has 0 amide bonds. The van der Waals surface area contributed by atoms with Gasteiger partial charge < -0.3 is 0 Å². The smallest absolute Gasteiger partial charge is 0.123 e. The maximum absolute atomic E-state index is 4.86. The molecule has 0 aliphatic carbocycles. The van der Waals surface area contributed by atoms with Gasteiger partial charge in [-0.15, -0.1) is 11.3 Å². The predicted molar refractivity (Wildman–Crippen MR) is 119 cm³/mol. The molecule has 0 atom stereocenters. The van der Waals surface area contributed by atoms with E-state index in [1.807, 2.05) is 0 Å². The Morgan fingerprint density at radius 3 is 2.39 bits per heavy atom. The van der Waals surface area contributed by atoms with E-state index in [9.17, 15) is 0 Å². The molecule has 0 N–H and O–H groups in total. The van der Waals surface area contributed by atoms with E-state index in [1.165, 1.54) is 22.4 Å². The first-order chi connectivity index (χ1) is 13.8. The molecular weight excluding hydrogens is 362 g/mol. The van der Waals surface area contributed by atoms with Crippen LogP contribution in [0.5, 0.6) is 0 Å². The summed E-state index contributed by atoms with van der Waals surface area (Å²) in [5.41, 5.74) is 4.97. The zero-order valence-electron chi connectivity index (χ0n) is 16.4. The fraction of sp³-hybridized carbons (Fsp3) is 0.292. The van der Waals surface area contributed by atoms with Crippen molar-refractivity contribution in [3.8, 4) is 10.6 Å². The van der Waals surface area contributed by atoms with Gasteiger partial charge >= 0.3 is 0 Å². The number of aryl methyl sites for hydroxylation is 1. The maximum Gasteiger partial charge on any atom is 0.123 e. The molecule has 144 valence electrons. The molecule has 0 saturated carbocycles. The minimum atomic E-state index is 0.954. The zero-order chi connectivity index (χ0) is 19.2. The topological polar surface area (TPSA) is 19.4 Å². The lowest BCUT2D eigenvalue weighted by atomic mass is 10.2. The van der Waals surface area contributed by atoms with Crippen LogP contribution in [0.1, 0.15) is 16.8 Å². The Kier molecular flexibility index (Phi) is 6.32. The first-order valence-corrected chi connectivity index (χ1v) is 10.8. The Hall–Kier alpha value is -2.27. The van der Waals surface area contributed by atoms with Crippen molar-refractivity contribution in [1.82, 2.24) is 14.8 Å². The number of benzene rings is 2. The van der Waals surface area contributed by atoms with Gasteiger partial charge in [-0.2, -0.15) is 0 Å². The number of rotatable bonds is 6. The van der Waals surface area contributed by atoms with Crippen molar-refractivity contribution in [3.05, 3.63) is 82.9 Å². The molecule has 1 aromatic heterocycles. The van der Waals surface area contributed by atoms with Gasteiger partial charge in [-0.05, 0) is 12.5 Å². The van der Waals surface area contributed by atoms with E-state index in [4.69, 9.17) is 4.98 Å². The molecule has 1 aliphatic rings. The lowest BCUT2D eigenvalue weighted by Gasteiger charge is -2.33. The number of piperazine rings is 1. The van der Waals surface area contributed by atoms with E-state index in [0.29, 0.717) is 0 Å². The third kappa shape index (κ3) is 5.16.